The van der Waals surface area contributed by atoms with Crippen molar-refractivity contribution in [2.45, 2.75) is 19.9 Å². The zero-order chi connectivity index (χ0) is 13.1. The second-order valence-corrected chi connectivity index (χ2v) is 4.34. The van der Waals surface area contributed by atoms with E-state index in [4.69, 9.17) is 0 Å². The molecule has 94 valence electrons. The third-order valence-corrected chi connectivity index (χ3v) is 3.04. The van der Waals surface area contributed by atoms with Gasteiger partial charge in [-0.1, -0.05) is 24.3 Å². The van der Waals surface area contributed by atoms with E-state index in [1.54, 1.807) is 25.1 Å². The van der Waals surface area contributed by atoms with Crippen molar-refractivity contribution in [1.82, 2.24) is 0 Å². The van der Waals surface area contributed by atoms with Crippen molar-refractivity contribution in [2.75, 3.05) is 5.32 Å². The summed E-state index contributed by atoms with van der Waals surface area (Å²) in [5.41, 5.74) is 2.12. The van der Waals surface area contributed by atoms with Gasteiger partial charge in [0.1, 0.15) is 11.6 Å². The van der Waals surface area contributed by atoms with Crippen molar-refractivity contribution in [3.05, 3.63) is 59.4 Å². The van der Waals surface area contributed by atoms with Gasteiger partial charge >= 0.3 is 0 Å². The van der Waals surface area contributed by atoms with Gasteiger partial charge in [0.05, 0.1) is 6.04 Å². The Hall–Kier alpha value is -2.03. The smallest absolute Gasteiger partial charge is 0.128 e. The number of nitrogens with one attached hydrogen (secondary N) is 1. The summed E-state index contributed by atoms with van der Waals surface area (Å²) in [6.07, 6.45) is 0. The maximum absolute atomic E-state index is 13.4. The number of hydrogen-bond acceptors (Lipinski definition) is 2. The van der Waals surface area contributed by atoms with Gasteiger partial charge in [-0.25, -0.2) is 4.39 Å². The first-order chi connectivity index (χ1) is 8.59. The molecule has 2 aromatic rings. The van der Waals surface area contributed by atoms with Crippen LogP contribution < -0.4 is 5.32 Å². The molecule has 0 aliphatic carbocycles. The van der Waals surface area contributed by atoms with Gasteiger partial charge in [0.25, 0.3) is 0 Å². The van der Waals surface area contributed by atoms with Gasteiger partial charge in [0.15, 0.2) is 0 Å². The van der Waals surface area contributed by atoms with Crippen LogP contribution in [0.4, 0.5) is 10.1 Å². The Balaban J connectivity index is 2.24. The zero-order valence-corrected chi connectivity index (χ0v) is 10.4. The summed E-state index contributed by atoms with van der Waals surface area (Å²) in [6.45, 7) is 3.66. The molecule has 2 aromatic carbocycles. The monoisotopic (exact) mass is 245 g/mol. The molecular weight excluding hydrogens is 229 g/mol. The molecule has 0 aromatic heterocycles. The van der Waals surface area contributed by atoms with Crippen LogP contribution in [0.1, 0.15) is 24.1 Å². The predicted molar refractivity (Wildman–Crippen MR) is 71.3 cm³/mol. The van der Waals surface area contributed by atoms with Crippen molar-refractivity contribution >= 4 is 5.69 Å². The molecule has 2 nitrogen and oxygen atoms in total. The number of aromatic hydroxyl groups is 1. The van der Waals surface area contributed by atoms with Crippen LogP contribution in [0.25, 0.3) is 0 Å². The lowest BCUT2D eigenvalue weighted by Gasteiger charge is -2.18. The van der Waals surface area contributed by atoms with E-state index in [0.717, 1.165) is 11.3 Å². The first kappa shape index (κ1) is 12.4. The predicted octanol–water partition coefficient (Wildman–Crippen LogP) is 4.01. The number of phenols is 1. The summed E-state index contributed by atoms with van der Waals surface area (Å²) in [7, 11) is 0. The highest BCUT2D eigenvalue weighted by Gasteiger charge is 2.11. The largest absolute Gasteiger partial charge is 0.508 e. The van der Waals surface area contributed by atoms with Crippen molar-refractivity contribution in [3.63, 3.8) is 0 Å². The third kappa shape index (κ3) is 2.45. The number of rotatable bonds is 3. The molecule has 2 N–H and O–H groups in total. The van der Waals surface area contributed by atoms with E-state index in [-0.39, 0.29) is 17.6 Å². The van der Waals surface area contributed by atoms with Gasteiger partial charge < -0.3 is 10.4 Å². The van der Waals surface area contributed by atoms with Gasteiger partial charge in [0, 0.05) is 16.8 Å². The average molecular weight is 245 g/mol. The van der Waals surface area contributed by atoms with Crippen molar-refractivity contribution in [2.24, 2.45) is 0 Å². The van der Waals surface area contributed by atoms with E-state index in [1.165, 1.54) is 6.07 Å². The molecule has 0 saturated carbocycles. The van der Waals surface area contributed by atoms with Crippen LogP contribution in [0.3, 0.4) is 0 Å². The lowest BCUT2D eigenvalue weighted by atomic mass is 10.1. The lowest BCUT2D eigenvalue weighted by molar-refractivity contribution is 0.465. The standard InChI is InChI=1S/C15H16FNO/c1-10-13(16)7-5-8-14(10)17-11(2)12-6-3-4-9-15(12)18/h3-9,11,17-18H,1-2H3. The molecule has 0 heterocycles. The Kier molecular flexibility index (Phi) is 3.51. The van der Waals surface area contributed by atoms with Crippen molar-refractivity contribution in [1.29, 1.82) is 0 Å². The minimum atomic E-state index is -0.232. The number of hydrogen-bond donors (Lipinski definition) is 2. The molecule has 0 saturated heterocycles. The van der Waals surface area contributed by atoms with E-state index < -0.39 is 0 Å². The Morgan fingerprint density at radius 2 is 1.83 bits per heavy atom. The number of benzene rings is 2. The quantitative estimate of drug-likeness (QED) is 0.856. The van der Waals surface area contributed by atoms with E-state index in [9.17, 15) is 9.50 Å². The molecule has 0 bridgehead atoms. The van der Waals surface area contributed by atoms with E-state index in [2.05, 4.69) is 5.32 Å². The second kappa shape index (κ2) is 5.08. The Bertz CT molecular complexity index is 554. The molecule has 1 atom stereocenters. The molecular formula is C15H16FNO. The van der Waals surface area contributed by atoms with Gasteiger partial charge in [-0.15, -0.1) is 0 Å². The van der Waals surface area contributed by atoms with Crippen LogP contribution in [-0.2, 0) is 0 Å². The fourth-order valence-electron chi connectivity index (χ4n) is 1.93. The molecule has 2 rings (SSSR count). The van der Waals surface area contributed by atoms with Crippen LogP contribution in [0.2, 0.25) is 0 Å². The topological polar surface area (TPSA) is 32.3 Å². The van der Waals surface area contributed by atoms with Crippen molar-refractivity contribution < 1.29 is 9.50 Å². The molecule has 0 radical (unpaired) electrons. The molecule has 0 spiro atoms. The normalized spacial score (nSPS) is 12.2. The van der Waals surface area contributed by atoms with Gasteiger partial charge in [-0.2, -0.15) is 0 Å². The number of phenolic OH excluding ortho intramolecular Hbond substituents is 1. The Morgan fingerprint density at radius 1 is 1.11 bits per heavy atom. The Morgan fingerprint density at radius 3 is 2.56 bits per heavy atom. The third-order valence-electron chi connectivity index (χ3n) is 3.04. The summed E-state index contributed by atoms with van der Waals surface area (Å²) in [4.78, 5) is 0. The Labute approximate surface area is 106 Å². The number of para-hydroxylation sites is 1. The molecule has 0 aliphatic rings. The SMILES string of the molecule is Cc1c(F)cccc1NC(C)c1ccccc1O. The molecule has 18 heavy (non-hydrogen) atoms. The molecule has 1 unspecified atom stereocenters. The highest BCUT2D eigenvalue weighted by Crippen LogP contribution is 2.28. The number of halogens is 1. The van der Waals surface area contributed by atoms with Crippen LogP contribution in [-0.4, -0.2) is 5.11 Å². The molecule has 0 aliphatic heterocycles. The van der Waals surface area contributed by atoms with Gasteiger partial charge in [-0.3, -0.25) is 0 Å². The summed E-state index contributed by atoms with van der Waals surface area (Å²) >= 11 is 0. The second-order valence-electron chi connectivity index (χ2n) is 4.34. The summed E-state index contributed by atoms with van der Waals surface area (Å²) in [5, 5.41) is 13.0. The fourth-order valence-corrected chi connectivity index (χ4v) is 1.93. The first-order valence-electron chi connectivity index (χ1n) is 5.89. The maximum Gasteiger partial charge on any atom is 0.128 e. The van der Waals surface area contributed by atoms with Crippen LogP contribution in [0, 0.1) is 12.7 Å². The van der Waals surface area contributed by atoms with Gasteiger partial charge in [-0.05, 0) is 32.0 Å². The summed E-state index contributed by atoms with van der Waals surface area (Å²) in [6, 6.07) is 12.0. The molecule has 0 amide bonds. The molecule has 0 fully saturated rings. The molecule has 3 heteroatoms. The minimum Gasteiger partial charge on any atom is -0.508 e. The fraction of sp³-hybridized carbons (Fsp3) is 0.200. The van der Waals surface area contributed by atoms with E-state index >= 15 is 0 Å². The average Bonchev–Trinajstić information content (AvgIpc) is 2.35. The van der Waals surface area contributed by atoms with Crippen molar-refractivity contribution in [3.8, 4) is 5.75 Å². The minimum absolute atomic E-state index is 0.0910. The lowest BCUT2D eigenvalue weighted by Crippen LogP contribution is -2.08. The summed E-state index contributed by atoms with van der Waals surface area (Å²) < 4.78 is 13.4. The van der Waals surface area contributed by atoms with Gasteiger partial charge in [0.2, 0.25) is 0 Å². The zero-order valence-electron chi connectivity index (χ0n) is 10.4. The first-order valence-corrected chi connectivity index (χ1v) is 5.89. The van der Waals surface area contributed by atoms with E-state index in [1.807, 2.05) is 25.1 Å². The van der Waals surface area contributed by atoms with E-state index in [0.29, 0.717) is 5.56 Å². The number of anilines is 1. The van der Waals surface area contributed by atoms with Crippen LogP contribution in [0.15, 0.2) is 42.5 Å². The highest BCUT2D eigenvalue weighted by molar-refractivity contribution is 5.53. The maximum atomic E-state index is 13.4. The van der Waals surface area contributed by atoms with Crippen LogP contribution in [0.5, 0.6) is 5.75 Å². The highest BCUT2D eigenvalue weighted by atomic mass is 19.1. The van der Waals surface area contributed by atoms with Crippen LogP contribution >= 0.6 is 0 Å². The summed E-state index contributed by atoms with van der Waals surface area (Å²) in [5.74, 6) is 0.0102.